The molecular formula is C4H12N2O5. The van der Waals surface area contributed by atoms with Crippen molar-refractivity contribution in [1.82, 2.24) is 6.15 Å². The van der Waals surface area contributed by atoms with Crippen LogP contribution >= 0.6 is 0 Å². The van der Waals surface area contributed by atoms with E-state index in [1.807, 2.05) is 5.18 Å². The maximum Gasteiger partial charge on any atom is 0.215 e. The summed E-state index contributed by atoms with van der Waals surface area (Å²) in [7, 11) is 0. The van der Waals surface area contributed by atoms with Gasteiger partial charge in [-0.1, -0.05) is 0 Å². The van der Waals surface area contributed by atoms with E-state index in [0.717, 1.165) is 0 Å². The smallest absolute Gasteiger partial charge is 0.215 e. The Morgan fingerprint density at radius 2 is 1.73 bits per heavy atom. The van der Waals surface area contributed by atoms with E-state index in [4.69, 9.17) is 20.4 Å². The highest BCUT2D eigenvalue weighted by atomic mass is 16.4. The van der Waals surface area contributed by atoms with E-state index in [1.54, 1.807) is 0 Å². The lowest BCUT2D eigenvalue weighted by Crippen LogP contribution is -2.38. The van der Waals surface area contributed by atoms with Crippen LogP contribution in [0.4, 0.5) is 0 Å². The van der Waals surface area contributed by atoms with Crippen molar-refractivity contribution in [2.75, 3.05) is 6.61 Å². The summed E-state index contributed by atoms with van der Waals surface area (Å²) in [6.45, 7) is -0.728. The quantitative estimate of drug-likeness (QED) is 0.305. The van der Waals surface area contributed by atoms with Crippen LogP contribution in [-0.4, -0.2) is 45.5 Å². The molecule has 0 saturated heterocycles. The van der Waals surface area contributed by atoms with Gasteiger partial charge in [0.05, 0.1) is 6.61 Å². The fourth-order valence-electron chi connectivity index (χ4n) is 0.369. The lowest BCUT2D eigenvalue weighted by molar-refractivity contribution is -0.0734. The van der Waals surface area contributed by atoms with E-state index in [2.05, 4.69) is 0 Å². The van der Waals surface area contributed by atoms with Crippen LogP contribution in [0.5, 0.6) is 0 Å². The third-order valence-corrected chi connectivity index (χ3v) is 0.995. The number of nitroso groups, excluding NO2 is 1. The van der Waals surface area contributed by atoms with Gasteiger partial charge in [-0.25, -0.2) is 0 Å². The van der Waals surface area contributed by atoms with Crippen molar-refractivity contribution in [2.45, 2.75) is 18.4 Å². The summed E-state index contributed by atoms with van der Waals surface area (Å²) in [5.74, 6) is 0. The van der Waals surface area contributed by atoms with E-state index in [0.29, 0.717) is 0 Å². The number of hydrogen-bond acceptors (Lipinski definition) is 7. The van der Waals surface area contributed by atoms with Crippen molar-refractivity contribution in [3.63, 3.8) is 0 Å². The fourth-order valence-corrected chi connectivity index (χ4v) is 0.369. The van der Waals surface area contributed by atoms with Crippen LogP contribution in [-0.2, 0) is 0 Å². The highest BCUT2D eigenvalue weighted by molar-refractivity contribution is 4.71. The first kappa shape index (κ1) is 13.0. The summed E-state index contributed by atoms with van der Waals surface area (Å²) in [4.78, 5) is 9.51. The minimum absolute atomic E-state index is 0. The van der Waals surface area contributed by atoms with Crippen LogP contribution in [0.2, 0.25) is 0 Å². The molecule has 0 amide bonds. The average molecular weight is 168 g/mol. The van der Waals surface area contributed by atoms with E-state index in [9.17, 15) is 4.91 Å². The van der Waals surface area contributed by atoms with Gasteiger partial charge in [0.1, 0.15) is 12.2 Å². The van der Waals surface area contributed by atoms with Gasteiger partial charge in [0, 0.05) is 0 Å². The van der Waals surface area contributed by atoms with Crippen LogP contribution in [0.15, 0.2) is 5.18 Å². The molecule has 0 aromatic heterocycles. The molecule has 7 heteroatoms. The third kappa shape index (κ3) is 3.96. The molecule has 0 aliphatic rings. The molecule has 0 rings (SSSR count). The van der Waals surface area contributed by atoms with E-state index in [-0.39, 0.29) is 6.15 Å². The van der Waals surface area contributed by atoms with Gasteiger partial charge >= 0.3 is 0 Å². The van der Waals surface area contributed by atoms with E-state index >= 15 is 0 Å². The highest BCUT2D eigenvalue weighted by Gasteiger charge is 2.24. The Morgan fingerprint density at radius 3 is 2.00 bits per heavy atom. The van der Waals surface area contributed by atoms with E-state index < -0.39 is 25.0 Å². The van der Waals surface area contributed by atoms with Gasteiger partial charge in [-0.2, -0.15) is 0 Å². The number of aliphatic hydroxyl groups is 4. The first-order chi connectivity index (χ1) is 4.63. The minimum Gasteiger partial charge on any atom is -0.394 e. The number of aliphatic hydroxyl groups excluding tert-OH is 4. The van der Waals surface area contributed by atoms with Crippen LogP contribution in [0.1, 0.15) is 0 Å². The molecule has 0 aromatic carbocycles. The summed E-state index contributed by atoms with van der Waals surface area (Å²) in [5, 5.41) is 35.9. The molecular weight excluding hydrogens is 156 g/mol. The van der Waals surface area contributed by atoms with Gasteiger partial charge in [0.15, 0.2) is 0 Å². The Bertz CT molecular complexity index is 111. The minimum atomic E-state index is -1.89. The summed E-state index contributed by atoms with van der Waals surface area (Å²) < 4.78 is 0. The molecule has 0 fully saturated rings. The van der Waals surface area contributed by atoms with E-state index in [1.165, 1.54) is 0 Å². The van der Waals surface area contributed by atoms with Gasteiger partial charge in [-0.15, -0.1) is 4.91 Å². The monoisotopic (exact) mass is 168 g/mol. The lowest BCUT2D eigenvalue weighted by Gasteiger charge is -2.15. The van der Waals surface area contributed by atoms with Gasteiger partial charge in [-0.05, 0) is 5.18 Å². The normalized spacial score (nSPS) is 17.8. The maximum atomic E-state index is 9.51. The van der Waals surface area contributed by atoms with Gasteiger partial charge in [-0.3, -0.25) is 0 Å². The standard InChI is InChI=1S/C4H9NO5.H3N/c6-1-2(7)3(8)4(9)5-10;/h2-4,6-9H,1H2;1H3/t2-,3-,4-;/m1./s1. The molecule has 0 heterocycles. The predicted molar refractivity (Wildman–Crippen MR) is 35.9 cm³/mol. The topological polar surface area (TPSA) is 145 Å². The van der Waals surface area contributed by atoms with Gasteiger partial charge < -0.3 is 26.6 Å². The van der Waals surface area contributed by atoms with Crippen molar-refractivity contribution in [3.8, 4) is 0 Å². The Hall–Kier alpha value is -0.600. The summed E-state index contributed by atoms with van der Waals surface area (Å²) >= 11 is 0. The largest absolute Gasteiger partial charge is 0.394 e. The molecule has 7 nitrogen and oxygen atoms in total. The summed E-state index contributed by atoms with van der Waals surface area (Å²) in [6.07, 6.45) is -5.14. The second-order valence-electron chi connectivity index (χ2n) is 1.76. The highest BCUT2D eigenvalue weighted by Crippen LogP contribution is 1.99. The molecule has 0 radical (unpaired) electrons. The van der Waals surface area contributed by atoms with Crippen LogP contribution < -0.4 is 6.15 Å². The van der Waals surface area contributed by atoms with Crippen molar-refractivity contribution in [2.24, 2.45) is 5.18 Å². The fraction of sp³-hybridized carbons (Fsp3) is 1.00. The molecule has 0 aliphatic heterocycles. The Balaban J connectivity index is 0. The zero-order valence-electron chi connectivity index (χ0n) is 5.79. The van der Waals surface area contributed by atoms with Crippen molar-refractivity contribution in [3.05, 3.63) is 4.91 Å². The Morgan fingerprint density at radius 1 is 1.27 bits per heavy atom. The zero-order valence-corrected chi connectivity index (χ0v) is 5.79. The van der Waals surface area contributed by atoms with Gasteiger partial charge in [0.2, 0.25) is 6.23 Å². The average Bonchev–Trinajstić information content (AvgIpc) is 2.00. The van der Waals surface area contributed by atoms with Crippen LogP contribution in [0, 0.1) is 4.91 Å². The molecule has 0 aliphatic carbocycles. The molecule has 11 heavy (non-hydrogen) atoms. The lowest BCUT2D eigenvalue weighted by atomic mass is 10.2. The molecule has 0 saturated carbocycles. The molecule has 0 bridgehead atoms. The molecule has 0 unspecified atom stereocenters. The molecule has 0 spiro atoms. The third-order valence-electron chi connectivity index (χ3n) is 0.995. The zero-order chi connectivity index (χ0) is 8.15. The second kappa shape index (κ2) is 6.13. The summed E-state index contributed by atoms with van der Waals surface area (Å²) in [5.41, 5.74) is 0. The molecule has 68 valence electrons. The van der Waals surface area contributed by atoms with Crippen molar-refractivity contribution in [1.29, 1.82) is 0 Å². The number of nitrogens with zero attached hydrogens (tertiary/aromatic N) is 1. The van der Waals surface area contributed by atoms with Crippen molar-refractivity contribution < 1.29 is 20.4 Å². The number of rotatable bonds is 4. The Kier molecular flexibility index (Phi) is 7.26. The molecule has 0 aromatic rings. The molecule has 3 atom stereocenters. The van der Waals surface area contributed by atoms with Crippen LogP contribution in [0.25, 0.3) is 0 Å². The first-order valence-corrected chi connectivity index (χ1v) is 2.61. The predicted octanol–water partition coefficient (Wildman–Crippen LogP) is -2.05. The molecule has 7 N–H and O–H groups in total. The SMILES string of the molecule is N.O=N[C@H](O)[C@H](O)[C@H](O)CO. The Labute approximate surface area is 62.8 Å². The maximum absolute atomic E-state index is 9.51. The number of hydrogen-bond donors (Lipinski definition) is 5. The first-order valence-electron chi connectivity index (χ1n) is 2.61. The second-order valence-corrected chi connectivity index (χ2v) is 1.76. The summed E-state index contributed by atoms with van der Waals surface area (Å²) in [6, 6.07) is 0. The van der Waals surface area contributed by atoms with Crippen LogP contribution in [0.3, 0.4) is 0 Å². The van der Waals surface area contributed by atoms with Gasteiger partial charge in [0.25, 0.3) is 0 Å². The van der Waals surface area contributed by atoms with Crippen molar-refractivity contribution >= 4 is 0 Å².